The number of nitrogens with one attached hydrogen (secondary N) is 1. The first kappa shape index (κ1) is 46.1. The van der Waals surface area contributed by atoms with Crippen molar-refractivity contribution >= 4 is 20.0 Å². The van der Waals surface area contributed by atoms with Gasteiger partial charge in [-0.05, 0) is 76.9 Å². The first-order valence-corrected chi connectivity index (χ1v) is 21.2. The third kappa shape index (κ3) is 12.6. The number of aliphatic hydroxyl groups is 1. The molecular formula is C41H45F3N6O9S2. The fourth-order valence-electron chi connectivity index (χ4n) is 5.72. The highest BCUT2D eigenvalue weighted by molar-refractivity contribution is 7.89. The average Bonchev–Trinajstić information content (AvgIpc) is 3.99. The summed E-state index contributed by atoms with van der Waals surface area (Å²) in [5.41, 5.74) is 3.05. The maximum atomic E-state index is 13.4. The van der Waals surface area contributed by atoms with E-state index in [2.05, 4.69) is 15.2 Å². The van der Waals surface area contributed by atoms with Crippen molar-refractivity contribution in [1.29, 1.82) is 0 Å². The Morgan fingerprint density at radius 2 is 0.984 bits per heavy atom. The van der Waals surface area contributed by atoms with Gasteiger partial charge in [-0.15, -0.1) is 0 Å². The van der Waals surface area contributed by atoms with Crippen molar-refractivity contribution in [3.8, 4) is 23.0 Å². The Hall–Kier alpha value is -5.93. The number of halogens is 3. The average molecular weight is 887 g/mol. The number of hydrogen-bond acceptors (Lipinski definition) is 11. The fourth-order valence-corrected chi connectivity index (χ4v) is 8.39. The highest BCUT2D eigenvalue weighted by Gasteiger charge is 2.38. The van der Waals surface area contributed by atoms with Gasteiger partial charge in [-0.2, -0.15) is 26.9 Å². The van der Waals surface area contributed by atoms with Gasteiger partial charge >= 0.3 is 6.18 Å². The number of alkyl halides is 3. The number of sulfonamides is 2. The van der Waals surface area contributed by atoms with E-state index in [-0.39, 0.29) is 31.2 Å². The molecule has 2 N–H and O–H groups in total. The van der Waals surface area contributed by atoms with Gasteiger partial charge in [-0.3, -0.25) is 5.10 Å². The molecule has 0 spiro atoms. The van der Waals surface area contributed by atoms with Gasteiger partial charge in [0.15, 0.2) is 16.2 Å². The zero-order valence-electron chi connectivity index (χ0n) is 33.6. The Morgan fingerprint density at radius 1 is 0.623 bits per heavy atom. The summed E-state index contributed by atoms with van der Waals surface area (Å²) >= 11 is 0. The van der Waals surface area contributed by atoms with Gasteiger partial charge in [0.1, 0.15) is 23.0 Å². The lowest BCUT2D eigenvalue weighted by molar-refractivity contribution is -0.207. The molecule has 0 radical (unpaired) electrons. The number of aromatic amines is 1. The van der Waals surface area contributed by atoms with Crippen LogP contribution in [0.3, 0.4) is 0 Å². The van der Waals surface area contributed by atoms with Gasteiger partial charge < -0.3 is 28.6 Å². The number of aromatic nitrogens is 4. The Morgan fingerprint density at radius 3 is 1.30 bits per heavy atom. The van der Waals surface area contributed by atoms with Gasteiger partial charge in [0, 0.05) is 32.4 Å². The summed E-state index contributed by atoms with van der Waals surface area (Å²) in [7, 11) is -1.72. The molecule has 0 amide bonds. The monoisotopic (exact) mass is 886 g/mol. The van der Waals surface area contributed by atoms with E-state index in [0.29, 0.717) is 22.6 Å². The number of imidazole rings is 1. The molecule has 20 heteroatoms. The Labute approximate surface area is 352 Å². The van der Waals surface area contributed by atoms with Gasteiger partial charge in [-0.1, -0.05) is 48.5 Å². The van der Waals surface area contributed by atoms with Crippen molar-refractivity contribution < 1.29 is 54.1 Å². The summed E-state index contributed by atoms with van der Waals surface area (Å²) in [6.07, 6.45) is -4.14. The number of H-pyrrole nitrogens is 1. The molecule has 6 rings (SSSR count). The van der Waals surface area contributed by atoms with E-state index in [4.69, 9.17) is 18.9 Å². The van der Waals surface area contributed by atoms with E-state index in [9.17, 15) is 35.1 Å². The maximum Gasteiger partial charge on any atom is 0.416 e. The second-order valence-corrected chi connectivity index (χ2v) is 17.1. The summed E-state index contributed by atoms with van der Waals surface area (Å²) in [6.45, 7) is -0.468. The molecule has 0 bridgehead atoms. The second-order valence-electron chi connectivity index (χ2n) is 13.3. The van der Waals surface area contributed by atoms with Crippen LogP contribution in [0.4, 0.5) is 13.2 Å². The summed E-state index contributed by atoms with van der Waals surface area (Å²) in [6, 6.07) is 29.7. The van der Waals surface area contributed by atoms with E-state index in [1.54, 1.807) is 62.8 Å². The molecular weight excluding hydrogens is 842 g/mol. The lowest BCUT2D eigenvalue weighted by atomic mass is 10.2. The number of rotatable bonds is 18. The Balaban J connectivity index is 0.000000237. The largest absolute Gasteiger partial charge is 0.497 e. The summed E-state index contributed by atoms with van der Waals surface area (Å²) in [5, 5.41) is 15.2. The lowest BCUT2D eigenvalue weighted by Gasteiger charge is -2.22. The SMILES string of the molecule is COc1ccc(CN(Cc2ccc(OC)cc2)S(=O)(=O)c2ccn[nH]2)cc1.COc1ccc(CN(Cc2ccc(OC)cc2)S(=O)(=O)c2cn(CC(O)C(F)(F)F)cn2)cc1. The van der Waals surface area contributed by atoms with E-state index in [0.717, 1.165) is 39.7 Å². The molecule has 15 nitrogen and oxygen atoms in total. The predicted molar refractivity (Wildman–Crippen MR) is 218 cm³/mol. The zero-order chi connectivity index (χ0) is 44.2. The van der Waals surface area contributed by atoms with E-state index in [1.807, 2.05) is 48.5 Å². The second kappa shape index (κ2) is 20.6. The summed E-state index contributed by atoms with van der Waals surface area (Å²) in [5.74, 6) is 2.65. The number of ether oxygens (including phenoxy) is 4. The smallest absolute Gasteiger partial charge is 0.416 e. The molecule has 0 aliphatic carbocycles. The topological polar surface area (TPSA) is 178 Å². The van der Waals surface area contributed by atoms with Gasteiger partial charge in [0.05, 0.1) is 47.5 Å². The standard InChI is InChI=1S/C22H24F3N3O5S.C19H21N3O4S/c1-32-18-7-3-16(4-8-18)11-28(12-17-5-9-19(33-2)10-6-17)34(30,31)21-14-27(15-26-21)13-20(29)22(23,24)25;1-25-17-7-3-15(4-8-17)13-22(27(23,24)19-11-12-20-21-19)14-16-5-9-18(26-2)10-6-16/h3-10,14-15,20,29H,11-13H2,1-2H3;3-12H,13-14H2,1-2H3,(H,20,21). The van der Waals surface area contributed by atoms with Crippen LogP contribution in [0, 0.1) is 0 Å². The van der Waals surface area contributed by atoms with E-state index < -0.39 is 43.9 Å². The van der Waals surface area contributed by atoms with Crippen LogP contribution in [0.1, 0.15) is 22.3 Å². The van der Waals surface area contributed by atoms with Crippen LogP contribution in [0.25, 0.3) is 0 Å². The third-order valence-electron chi connectivity index (χ3n) is 9.14. The molecule has 4 aromatic carbocycles. The molecule has 2 heterocycles. The minimum atomic E-state index is -4.84. The van der Waals surface area contributed by atoms with Crippen molar-refractivity contribution in [2.75, 3.05) is 28.4 Å². The van der Waals surface area contributed by atoms with E-state index in [1.165, 1.54) is 35.1 Å². The number of nitrogens with zero attached hydrogens (tertiary/aromatic N) is 5. The fraction of sp³-hybridized carbons (Fsp3) is 0.268. The normalized spacial score (nSPS) is 12.4. The van der Waals surface area contributed by atoms with Crippen molar-refractivity contribution in [2.45, 2.75) is 55.1 Å². The molecule has 0 saturated carbocycles. The maximum absolute atomic E-state index is 13.4. The quantitative estimate of drug-likeness (QED) is 0.103. The molecule has 0 fully saturated rings. The van der Waals surface area contributed by atoms with Crippen LogP contribution in [0.15, 0.2) is 132 Å². The zero-order valence-corrected chi connectivity index (χ0v) is 35.2. The minimum Gasteiger partial charge on any atom is -0.497 e. The first-order valence-electron chi connectivity index (χ1n) is 18.3. The van der Waals surface area contributed by atoms with Crippen LogP contribution in [-0.2, 0) is 52.8 Å². The van der Waals surface area contributed by atoms with Crippen molar-refractivity contribution in [1.82, 2.24) is 28.4 Å². The molecule has 0 aliphatic heterocycles. The molecule has 1 atom stereocenters. The van der Waals surface area contributed by atoms with E-state index >= 15 is 0 Å². The highest BCUT2D eigenvalue weighted by Crippen LogP contribution is 2.26. The van der Waals surface area contributed by atoms with Crippen molar-refractivity contribution in [3.63, 3.8) is 0 Å². The molecule has 0 aliphatic rings. The molecule has 326 valence electrons. The molecule has 2 aromatic heterocycles. The summed E-state index contributed by atoms with van der Waals surface area (Å²) in [4.78, 5) is 3.80. The lowest BCUT2D eigenvalue weighted by Crippen LogP contribution is -2.32. The van der Waals surface area contributed by atoms with Crippen molar-refractivity contribution in [2.24, 2.45) is 0 Å². The number of methoxy groups -OCH3 is 4. The number of benzene rings is 4. The molecule has 1 unspecified atom stereocenters. The number of hydrogen-bond donors (Lipinski definition) is 2. The highest BCUT2D eigenvalue weighted by atomic mass is 32.2. The van der Waals surface area contributed by atoms with Crippen LogP contribution >= 0.6 is 0 Å². The first-order chi connectivity index (χ1) is 29.0. The van der Waals surface area contributed by atoms with Gasteiger partial charge in [0.2, 0.25) is 0 Å². The van der Waals surface area contributed by atoms with Crippen molar-refractivity contribution in [3.05, 3.63) is 144 Å². The third-order valence-corrected chi connectivity index (χ3v) is 12.5. The molecule has 6 aromatic rings. The van der Waals surface area contributed by atoms with Crippen LogP contribution in [0.2, 0.25) is 0 Å². The van der Waals surface area contributed by atoms with Gasteiger partial charge in [-0.25, -0.2) is 21.8 Å². The van der Waals surface area contributed by atoms with Crippen LogP contribution in [-0.4, -0.2) is 91.0 Å². The molecule has 0 saturated heterocycles. The Bertz CT molecular complexity index is 2390. The summed E-state index contributed by atoms with van der Waals surface area (Å²) < 4.78 is 115. The van der Waals surface area contributed by atoms with Crippen LogP contribution in [0.5, 0.6) is 23.0 Å². The minimum absolute atomic E-state index is 0.0175. The number of aliphatic hydroxyl groups excluding tert-OH is 1. The van der Waals surface area contributed by atoms with Gasteiger partial charge in [0.25, 0.3) is 20.0 Å². The predicted octanol–water partition coefficient (Wildman–Crippen LogP) is 6.03. The Kier molecular flexibility index (Phi) is 15.5. The molecule has 61 heavy (non-hydrogen) atoms. The van der Waals surface area contributed by atoms with Crippen LogP contribution < -0.4 is 18.9 Å².